The zero-order chi connectivity index (χ0) is 17.0. The number of carbonyl (C=O) groups is 1. The maximum absolute atomic E-state index is 12.8. The lowest BCUT2D eigenvalue weighted by Crippen LogP contribution is -2.41. The minimum atomic E-state index is -4.53. The van der Waals surface area contributed by atoms with Gasteiger partial charge in [-0.1, -0.05) is 6.07 Å². The second-order valence-corrected chi connectivity index (χ2v) is 5.86. The number of carbonyl (C=O) groups excluding carboxylic acids is 1. The molecule has 1 aromatic rings. The lowest BCUT2D eigenvalue weighted by Gasteiger charge is -2.21. The van der Waals surface area contributed by atoms with E-state index >= 15 is 0 Å². The first-order valence-electron chi connectivity index (χ1n) is 6.72. The van der Waals surface area contributed by atoms with Crippen molar-refractivity contribution in [2.45, 2.75) is 45.0 Å². The molecule has 0 spiro atoms. The predicted octanol–water partition coefficient (Wildman–Crippen LogP) is 2.49. The van der Waals surface area contributed by atoms with Crippen LogP contribution < -0.4 is 11.1 Å². The highest BCUT2D eigenvalue weighted by Gasteiger charge is 2.35. The molecule has 0 aromatic carbocycles. The molecule has 1 aromatic heterocycles. The molecule has 1 unspecified atom stereocenters. The number of ether oxygens (including phenoxy) is 1. The van der Waals surface area contributed by atoms with E-state index in [-0.39, 0.29) is 18.5 Å². The van der Waals surface area contributed by atoms with Gasteiger partial charge in [0.05, 0.1) is 0 Å². The van der Waals surface area contributed by atoms with Crippen LogP contribution in [0.2, 0.25) is 0 Å². The maximum atomic E-state index is 12.8. The second kappa shape index (κ2) is 6.95. The Morgan fingerprint density at radius 1 is 1.41 bits per heavy atom. The van der Waals surface area contributed by atoms with Crippen molar-refractivity contribution >= 4 is 6.09 Å². The average Bonchev–Trinajstić information content (AvgIpc) is 2.34. The summed E-state index contributed by atoms with van der Waals surface area (Å²) in [6, 6.07) is 2.06. The Bertz CT molecular complexity index is 513. The Balaban J connectivity index is 2.60. The minimum Gasteiger partial charge on any atom is -0.444 e. The van der Waals surface area contributed by atoms with Crippen molar-refractivity contribution in [1.82, 2.24) is 10.3 Å². The highest BCUT2D eigenvalue weighted by molar-refractivity contribution is 5.67. The number of alkyl carbamates (subject to hydrolysis) is 1. The number of hydrogen-bond acceptors (Lipinski definition) is 4. The van der Waals surface area contributed by atoms with Crippen LogP contribution in [0.3, 0.4) is 0 Å². The fourth-order valence-electron chi connectivity index (χ4n) is 1.74. The van der Waals surface area contributed by atoms with E-state index in [0.29, 0.717) is 0 Å². The number of hydrogen-bond donors (Lipinski definition) is 2. The molecule has 8 heteroatoms. The highest BCUT2D eigenvalue weighted by Crippen LogP contribution is 2.30. The summed E-state index contributed by atoms with van der Waals surface area (Å²) >= 11 is 0. The molecule has 0 aliphatic rings. The topological polar surface area (TPSA) is 77.2 Å². The highest BCUT2D eigenvalue weighted by atomic mass is 19.4. The summed E-state index contributed by atoms with van der Waals surface area (Å²) in [5.74, 6) is 0. The van der Waals surface area contributed by atoms with Crippen molar-refractivity contribution < 1.29 is 22.7 Å². The normalized spacial score (nSPS) is 13.6. The third-order valence-electron chi connectivity index (χ3n) is 2.55. The number of aromatic nitrogens is 1. The van der Waals surface area contributed by atoms with E-state index in [0.717, 1.165) is 6.20 Å². The van der Waals surface area contributed by atoms with E-state index < -0.39 is 29.6 Å². The van der Waals surface area contributed by atoms with E-state index in [1.54, 1.807) is 20.8 Å². The zero-order valence-corrected chi connectivity index (χ0v) is 12.7. The monoisotopic (exact) mass is 319 g/mol. The summed E-state index contributed by atoms with van der Waals surface area (Å²) in [6.07, 6.45) is -4.17. The van der Waals surface area contributed by atoms with Crippen molar-refractivity contribution in [2.24, 2.45) is 5.73 Å². The van der Waals surface area contributed by atoms with Gasteiger partial charge in [-0.15, -0.1) is 0 Å². The van der Waals surface area contributed by atoms with Crippen LogP contribution in [0, 0.1) is 0 Å². The molecular weight excluding hydrogens is 299 g/mol. The van der Waals surface area contributed by atoms with Crippen LogP contribution in [0.4, 0.5) is 18.0 Å². The Hall–Kier alpha value is -1.83. The quantitative estimate of drug-likeness (QED) is 0.894. The van der Waals surface area contributed by atoms with E-state index in [1.807, 2.05) is 0 Å². The van der Waals surface area contributed by atoms with Crippen molar-refractivity contribution in [3.63, 3.8) is 0 Å². The fraction of sp³-hybridized carbons (Fsp3) is 0.571. The lowest BCUT2D eigenvalue weighted by molar-refractivity contribution is -0.141. The third-order valence-corrected chi connectivity index (χ3v) is 2.55. The first kappa shape index (κ1) is 18.2. The molecule has 0 aliphatic carbocycles. The molecule has 0 bridgehead atoms. The van der Waals surface area contributed by atoms with Gasteiger partial charge in [0.2, 0.25) is 0 Å². The molecule has 124 valence electrons. The Kier molecular flexibility index (Phi) is 5.76. The van der Waals surface area contributed by atoms with Gasteiger partial charge in [0.1, 0.15) is 11.3 Å². The molecule has 0 saturated carbocycles. The van der Waals surface area contributed by atoms with Crippen molar-refractivity contribution in [3.8, 4) is 0 Å². The summed E-state index contributed by atoms with van der Waals surface area (Å²) in [5.41, 5.74) is 4.15. The van der Waals surface area contributed by atoms with Gasteiger partial charge in [-0.05, 0) is 38.8 Å². The molecule has 5 nitrogen and oxygen atoms in total. The summed E-state index contributed by atoms with van der Waals surface area (Å²) in [6.45, 7) is 5.12. The van der Waals surface area contributed by atoms with Crippen molar-refractivity contribution in [2.75, 3.05) is 6.54 Å². The molecular formula is C14H20F3N3O2. The number of pyridine rings is 1. The number of rotatable bonds is 4. The minimum absolute atomic E-state index is 0.00110. The molecule has 1 amide bonds. The number of halogens is 3. The molecule has 22 heavy (non-hydrogen) atoms. The smallest absolute Gasteiger partial charge is 0.433 e. The van der Waals surface area contributed by atoms with Gasteiger partial charge in [0.25, 0.3) is 0 Å². The number of nitrogens with one attached hydrogen (secondary N) is 1. The molecule has 0 aliphatic heterocycles. The number of alkyl halides is 3. The maximum Gasteiger partial charge on any atom is 0.433 e. The van der Waals surface area contributed by atoms with Crippen LogP contribution in [0.1, 0.15) is 32.0 Å². The van der Waals surface area contributed by atoms with Crippen LogP contribution >= 0.6 is 0 Å². The van der Waals surface area contributed by atoms with E-state index in [9.17, 15) is 18.0 Å². The fourth-order valence-corrected chi connectivity index (χ4v) is 1.74. The Morgan fingerprint density at radius 2 is 2.05 bits per heavy atom. The molecule has 0 fully saturated rings. The largest absolute Gasteiger partial charge is 0.444 e. The SMILES string of the molecule is CC(C)(C)OC(=O)NCC(N)Cc1cccnc1C(F)(F)F. The predicted molar refractivity (Wildman–Crippen MR) is 75.2 cm³/mol. The molecule has 1 atom stereocenters. The summed E-state index contributed by atoms with van der Waals surface area (Å²) in [4.78, 5) is 14.8. The van der Waals surface area contributed by atoms with Gasteiger partial charge in [0, 0.05) is 18.8 Å². The third kappa shape index (κ3) is 6.30. The Morgan fingerprint density at radius 3 is 2.59 bits per heavy atom. The van der Waals surface area contributed by atoms with Gasteiger partial charge in [-0.25, -0.2) is 4.79 Å². The number of amides is 1. The molecule has 1 rings (SSSR count). The van der Waals surface area contributed by atoms with Crippen LogP contribution in [-0.2, 0) is 17.3 Å². The Labute approximate surface area is 127 Å². The van der Waals surface area contributed by atoms with Crippen molar-refractivity contribution in [3.05, 3.63) is 29.6 Å². The van der Waals surface area contributed by atoms with Crippen LogP contribution in [-0.4, -0.2) is 29.3 Å². The van der Waals surface area contributed by atoms with Crippen molar-refractivity contribution in [1.29, 1.82) is 0 Å². The van der Waals surface area contributed by atoms with E-state index in [1.165, 1.54) is 12.1 Å². The van der Waals surface area contributed by atoms with Crippen LogP contribution in [0.15, 0.2) is 18.3 Å². The summed E-state index contributed by atoms with van der Waals surface area (Å²) in [5, 5.41) is 2.43. The molecule has 1 heterocycles. The van der Waals surface area contributed by atoms with Crippen LogP contribution in [0.5, 0.6) is 0 Å². The average molecular weight is 319 g/mol. The van der Waals surface area contributed by atoms with Gasteiger partial charge in [-0.3, -0.25) is 4.98 Å². The second-order valence-electron chi connectivity index (χ2n) is 5.86. The number of nitrogens with zero attached hydrogens (tertiary/aromatic N) is 1. The van der Waals surface area contributed by atoms with Gasteiger partial charge < -0.3 is 15.8 Å². The molecule has 0 saturated heterocycles. The standard InChI is InChI=1S/C14H20F3N3O2/c1-13(2,3)22-12(21)20-8-10(18)7-9-5-4-6-19-11(9)14(15,16)17/h4-6,10H,7-8,18H2,1-3H3,(H,20,21). The summed E-state index contributed by atoms with van der Waals surface area (Å²) in [7, 11) is 0. The van der Waals surface area contributed by atoms with Gasteiger partial charge in [-0.2, -0.15) is 13.2 Å². The molecule has 0 radical (unpaired) electrons. The van der Waals surface area contributed by atoms with E-state index in [4.69, 9.17) is 10.5 Å². The van der Waals surface area contributed by atoms with Crippen LogP contribution in [0.25, 0.3) is 0 Å². The number of nitrogens with two attached hydrogens (primary N) is 1. The lowest BCUT2D eigenvalue weighted by atomic mass is 10.0. The first-order valence-corrected chi connectivity index (χ1v) is 6.72. The van der Waals surface area contributed by atoms with E-state index in [2.05, 4.69) is 10.3 Å². The molecule has 3 N–H and O–H groups in total. The summed E-state index contributed by atoms with van der Waals surface area (Å²) < 4.78 is 43.4. The zero-order valence-electron chi connectivity index (χ0n) is 12.7. The first-order chi connectivity index (χ1) is 9.99. The van der Waals surface area contributed by atoms with Gasteiger partial charge in [0.15, 0.2) is 0 Å². The van der Waals surface area contributed by atoms with Gasteiger partial charge >= 0.3 is 12.3 Å².